The summed E-state index contributed by atoms with van der Waals surface area (Å²) in [6, 6.07) is -0.973. The minimum Gasteiger partial charge on any atom is -0.467 e. The van der Waals surface area contributed by atoms with Gasteiger partial charge in [-0.3, -0.25) is 4.79 Å². The molecule has 5 nitrogen and oxygen atoms in total. The Kier molecular flexibility index (Phi) is 3.52. The summed E-state index contributed by atoms with van der Waals surface area (Å²) in [6.45, 7) is 7.62. The molecule has 17 heavy (non-hydrogen) atoms. The van der Waals surface area contributed by atoms with Crippen molar-refractivity contribution in [2.24, 2.45) is 16.7 Å². The Balaban J connectivity index is 2.65. The topological polar surface area (TPSA) is 75.6 Å². The Labute approximate surface area is 102 Å². The molecular weight excluding hydrogens is 222 g/mol. The lowest BCUT2D eigenvalue weighted by atomic mass is 10.0. The summed E-state index contributed by atoms with van der Waals surface area (Å²) in [6.07, 6.45) is 0. The molecule has 1 fully saturated rings. The molecule has 0 aliphatic heterocycles. The van der Waals surface area contributed by atoms with E-state index in [1.165, 1.54) is 7.11 Å². The van der Waals surface area contributed by atoms with Gasteiger partial charge in [0.2, 0.25) is 5.91 Å². The summed E-state index contributed by atoms with van der Waals surface area (Å²) in [5.74, 6) is -0.977. The second-order valence-electron chi connectivity index (χ2n) is 5.64. The minimum atomic E-state index is -0.973. The van der Waals surface area contributed by atoms with Crippen LogP contribution in [0.2, 0.25) is 0 Å². The molecule has 98 valence electrons. The third kappa shape index (κ3) is 2.16. The van der Waals surface area contributed by atoms with Gasteiger partial charge in [-0.1, -0.05) is 27.7 Å². The van der Waals surface area contributed by atoms with E-state index in [1.54, 1.807) is 0 Å². The molecule has 0 spiro atoms. The van der Waals surface area contributed by atoms with Crippen LogP contribution in [0.4, 0.5) is 0 Å². The van der Waals surface area contributed by atoms with Crippen LogP contribution in [0.3, 0.4) is 0 Å². The highest BCUT2D eigenvalue weighted by Gasteiger charge is 2.68. The van der Waals surface area contributed by atoms with Crippen LogP contribution in [0.5, 0.6) is 0 Å². The lowest BCUT2D eigenvalue weighted by Crippen LogP contribution is -2.45. The third-order valence-electron chi connectivity index (χ3n) is 4.27. The van der Waals surface area contributed by atoms with Crippen LogP contribution < -0.4 is 5.32 Å². The average Bonchev–Trinajstić information content (AvgIpc) is 2.64. The quantitative estimate of drug-likeness (QED) is 0.697. The number of carbonyl (C=O) groups is 2. The number of aliphatic hydroxyl groups is 1. The van der Waals surface area contributed by atoms with Gasteiger partial charge in [-0.25, -0.2) is 4.79 Å². The predicted molar refractivity (Wildman–Crippen MR) is 62.1 cm³/mol. The smallest absolute Gasteiger partial charge is 0.330 e. The number of carbonyl (C=O) groups excluding carboxylic acids is 2. The van der Waals surface area contributed by atoms with Crippen molar-refractivity contribution in [2.45, 2.75) is 33.7 Å². The molecule has 1 atom stereocenters. The molecule has 0 aromatic rings. The fourth-order valence-corrected chi connectivity index (χ4v) is 2.43. The minimum absolute atomic E-state index is 0.0901. The van der Waals surface area contributed by atoms with E-state index < -0.39 is 18.6 Å². The molecule has 0 aromatic heterocycles. The third-order valence-corrected chi connectivity index (χ3v) is 4.27. The summed E-state index contributed by atoms with van der Waals surface area (Å²) in [7, 11) is 1.22. The zero-order valence-electron chi connectivity index (χ0n) is 11.0. The number of aliphatic hydroxyl groups excluding tert-OH is 1. The van der Waals surface area contributed by atoms with Gasteiger partial charge >= 0.3 is 5.97 Å². The number of esters is 1. The SMILES string of the molecule is COC(=O)C(CO)NC(=O)C1C(C)(C)C1(C)C. The van der Waals surface area contributed by atoms with Crippen LogP contribution in [0.1, 0.15) is 27.7 Å². The van der Waals surface area contributed by atoms with E-state index in [2.05, 4.69) is 10.1 Å². The van der Waals surface area contributed by atoms with Gasteiger partial charge in [-0.15, -0.1) is 0 Å². The molecule has 0 aromatic carbocycles. The van der Waals surface area contributed by atoms with Gasteiger partial charge in [0, 0.05) is 5.92 Å². The fourth-order valence-electron chi connectivity index (χ4n) is 2.43. The molecule has 5 heteroatoms. The second-order valence-corrected chi connectivity index (χ2v) is 5.64. The zero-order valence-corrected chi connectivity index (χ0v) is 11.0. The lowest BCUT2D eigenvalue weighted by molar-refractivity contribution is -0.146. The first-order valence-corrected chi connectivity index (χ1v) is 5.69. The van der Waals surface area contributed by atoms with E-state index >= 15 is 0 Å². The van der Waals surface area contributed by atoms with E-state index in [0.717, 1.165) is 0 Å². The van der Waals surface area contributed by atoms with Gasteiger partial charge in [0.05, 0.1) is 13.7 Å². The summed E-state index contributed by atoms with van der Waals surface area (Å²) in [4.78, 5) is 23.2. The highest BCUT2D eigenvalue weighted by Crippen LogP contribution is 2.68. The number of methoxy groups -OCH3 is 1. The van der Waals surface area contributed by atoms with Gasteiger partial charge in [0.1, 0.15) is 0 Å². The van der Waals surface area contributed by atoms with E-state index in [-0.39, 0.29) is 22.7 Å². The molecule has 1 amide bonds. The van der Waals surface area contributed by atoms with Gasteiger partial charge in [0.25, 0.3) is 0 Å². The average molecular weight is 243 g/mol. The van der Waals surface area contributed by atoms with Crippen molar-refractivity contribution in [3.63, 3.8) is 0 Å². The maximum atomic E-state index is 12.0. The van der Waals surface area contributed by atoms with E-state index in [4.69, 9.17) is 5.11 Å². The van der Waals surface area contributed by atoms with Crippen molar-refractivity contribution in [2.75, 3.05) is 13.7 Å². The highest BCUT2D eigenvalue weighted by atomic mass is 16.5. The maximum Gasteiger partial charge on any atom is 0.330 e. The number of rotatable bonds is 4. The summed E-state index contributed by atoms with van der Waals surface area (Å²) < 4.78 is 4.49. The summed E-state index contributed by atoms with van der Waals surface area (Å²) >= 11 is 0. The zero-order chi connectivity index (χ0) is 13.4. The summed E-state index contributed by atoms with van der Waals surface area (Å²) in [5.41, 5.74) is -0.180. The van der Waals surface area contributed by atoms with E-state index in [9.17, 15) is 9.59 Å². The Hall–Kier alpha value is -1.10. The summed E-state index contributed by atoms with van der Waals surface area (Å²) in [5, 5.41) is 11.6. The van der Waals surface area contributed by atoms with Gasteiger partial charge in [0.15, 0.2) is 6.04 Å². The van der Waals surface area contributed by atoms with Crippen LogP contribution in [0.15, 0.2) is 0 Å². The molecule has 1 saturated carbocycles. The van der Waals surface area contributed by atoms with Crippen LogP contribution in [-0.4, -0.2) is 36.7 Å². The van der Waals surface area contributed by atoms with Crippen molar-refractivity contribution in [1.82, 2.24) is 5.32 Å². The maximum absolute atomic E-state index is 12.0. The Morgan fingerprint density at radius 2 is 1.76 bits per heavy atom. The predicted octanol–water partition coefficient (Wildman–Crippen LogP) is 0.319. The van der Waals surface area contributed by atoms with E-state index in [0.29, 0.717) is 0 Å². The molecule has 1 aliphatic carbocycles. The Bertz CT molecular complexity index is 321. The Morgan fingerprint density at radius 1 is 1.29 bits per heavy atom. The first kappa shape index (κ1) is 14.0. The fraction of sp³-hybridized carbons (Fsp3) is 0.833. The second kappa shape index (κ2) is 4.29. The van der Waals surface area contributed by atoms with Crippen LogP contribution >= 0.6 is 0 Å². The van der Waals surface area contributed by atoms with Crippen molar-refractivity contribution < 1.29 is 19.4 Å². The van der Waals surface area contributed by atoms with Gasteiger partial charge < -0.3 is 15.2 Å². The number of hydrogen-bond acceptors (Lipinski definition) is 4. The van der Waals surface area contributed by atoms with Crippen molar-refractivity contribution in [3.05, 3.63) is 0 Å². The highest BCUT2D eigenvalue weighted by molar-refractivity contribution is 5.88. The molecule has 0 saturated heterocycles. The van der Waals surface area contributed by atoms with Crippen LogP contribution in [0.25, 0.3) is 0 Å². The first-order chi connectivity index (χ1) is 7.70. The molecule has 0 heterocycles. The largest absolute Gasteiger partial charge is 0.467 e. The Morgan fingerprint density at radius 3 is 2.06 bits per heavy atom. The van der Waals surface area contributed by atoms with Crippen LogP contribution in [-0.2, 0) is 14.3 Å². The molecule has 1 rings (SSSR count). The standard InChI is InChI=1S/C12H21NO4/c1-11(2)8(12(11,3)4)9(15)13-7(6-14)10(16)17-5/h7-8,14H,6H2,1-5H3,(H,13,15). The molecule has 1 unspecified atom stereocenters. The lowest BCUT2D eigenvalue weighted by Gasteiger charge is -2.14. The molecule has 2 N–H and O–H groups in total. The van der Waals surface area contributed by atoms with E-state index in [1.807, 2.05) is 27.7 Å². The molecule has 1 aliphatic rings. The number of hydrogen-bond donors (Lipinski definition) is 2. The van der Waals surface area contributed by atoms with Crippen molar-refractivity contribution in [1.29, 1.82) is 0 Å². The molecule has 0 radical (unpaired) electrons. The first-order valence-electron chi connectivity index (χ1n) is 5.69. The normalized spacial score (nSPS) is 22.7. The van der Waals surface area contributed by atoms with Gasteiger partial charge in [-0.05, 0) is 10.8 Å². The monoisotopic (exact) mass is 243 g/mol. The van der Waals surface area contributed by atoms with Crippen molar-refractivity contribution >= 4 is 11.9 Å². The number of ether oxygens (including phenoxy) is 1. The number of nitrogens with one attached hydrogen (secondary N) is 1. The van der Waals surface area contributed by atoms with Gasteiger partial charge in [-0.2, -0.15) is 0 Å². The van der Waals surface area contributed by atoms with Crippen molar-refractivity contribution in [3.8, 4) is 0 Å². The molecule has 0 bridgehead atoms. The number of amides is 1. The van der Waals surface area contributed by atoms with Crippen LogP contribution in [0, 0.1) is 16.7 Å². The molecular formula is C12H21NO4.